The number of oxazole rings is 1. The van der Waals surface area contributed by atoms with E-state index in [1.54, 1.807) is 31.2 Å². The molecular weight excluding hydrogens is 412 g/mol. The summed E-state index contributed by atoms with van der Waals surface area (Å²) in [6.45, 7) is 1.38. The SMILES string of the molecule is CC1(c2ccc([N+](=O)[O-])cc2)NC(=O)N(Cc2ncc(-c3cccc(Cl)c3)o2)C1=O. The Balaban J connectivity index is 1.55. The number of nitrogens with one attached hydrogen (secondary N) is 1. The average molecular weight is 427 g/mol. The van der Waals surface area contributed by atoms with Crippen molar-refractivity contribution in [2.45, 2.75) is 19.0 Å². The first-order valence-electron chi connectivity index (χ1n) is 8.87. The van der Waals surface area contributed by atoms with Gasteiger partial charge in [0.25, 0.3) is 11.6 Å². The number of nitro benzene ring substituents is 1. The molecule has 1 unspecified atom stereocenters. The van der Waals surface area contributed by atoms with Crippen LogP contribution in [0.2, 0.25) is 5.02 Å². The largest absolute Gasteiger partial charge is 0.439 e. The van der Waals surface area contributed by atoms with Crippen LogP contribution < -0.4 is 5.32 Å². The molecule has 0 saturated carbocycles. The second-order valence-electron chi connectivity index (χ2n) is 6.88. The van der Waals surface area contributed by atoms with E-state index >= 15 is 0 Å². The minimum Gasteiger partial charge on any atom is -0.439 e. The van der Waals surface area contributed by atoms with Gasteiger partial charge in [-0.2, -0.15) is 0 Å². The van der Waals surface area contributed by atoms with E-state index in [9.17, 15) is 19.7 Å². The first-order valence-corrected chi connectivity index (χ1v) is 9.25. The lowest BCUT2D eigenvalue weighted by Crippen LogP contribution is -2.40. The number of rotatable bonds is 5. The molecule has 1 aliphatic heterocycles. The maximum atomic E-state index is 13.0. The summed E-state index contributed by atoms with van der Waals surface area (Å²) in [5, 5.41) is 14.0. The van der Waals surface area contributed by atoms with Gasteiger partial charge in [-0.1, -0.05) is 23.7 Å². The van der Waals surface area contributed by atoms with Gasteiger partial charge in [-0.3, -0.25) is 19.8 Å². The van der Waals surface area contributed by atoms with Gasteiger partial charge in [0.2, 0.25) is 5.89 Å². The number of aromatic nitrogens is 1. The maximum Gasteiger partial charge on any atom is 0.325 e. The first-order chi connectivity index (χ1) is 14.3. The van der Waals surface area contributed by atoms with Gasteiger partial charge in [-0.15, -0.1) is 0 Å². The van der Waals surface area contributed by atoms with E-state index < -0.39 is 22.4 Å². The van der Waals surface area contributed by atoms with Crippen molar-refractivity contribution >= 4 is 29.2 Å². The highest BCUT2D eigenvalue weighted by atomic mass is 35.5. The second kappa shape index (κ2) is 7.27. The molecule has 1 aromatic heterocycles. The number of non-ortho nitro benzene ring substituents is 1. The van der Waals surface area contributed by atoms with Crippen LogP contribution in [0, 0.1) is 10.1 Å². The second-order valence-corrected chi connectivity index (χ2v) is 7.32. The van der Waals surface area contributed by atoms with Gasteiger partial charge in [-0.05, 0) is 36.8 Å². The molecule has 10 heteroatoms. The van der Waals surface area contributed by atoms with Crippen LogP contribution in [0.5, 0.6) is 0 Å². The standard InChI is InChI=1S/C20H15ClN4O5/c1-20(13-5-7-15(8-6-13)25(28)29)18(26)24(19(27)23-20)11-17-22-10-16(30-17)12-3-2-4-14(21)9-12/h2-10H,11H2,1H3,(H,23,27). The molecule has 3 amide bonds. The summed E-state index contributed by atoms with van der Waals surface area (Å²) in [5.74, 6) is 0.128. The molecule has 4 rings (SSSR count). The van der Waals surface area contributed by atoms with E-state index in [1.807, 2.05) is 0 Å². The minimum atomic E-state index is -1.35. The molecule has 1 N–H and O–H groups in total. The lowest BCUT2D eigenvalue weighted by atomic mass is 9.92. The number of benzene rings is 2. The van der Waals surface area contributed by atoms with Crippen molar-refractivity contribution in [3.05, 3.63) is 81.3 Å². The molecule has 1 aliphatic rings. The summed E-state index contributed by atoms with van der Waals surface area (Å²) in [4.78, 5) is 40.9. The molecule has 9 nitrogen and oxygen atoms in total. The van der Waals surface area contributed by atoms with E-state index in [0.29, 0.717) is 21.9 Å². The third kappa shape index (κ3) is 3.39. The Morgan fingerprint density at radius 1 is 1.23 bits per heavy atom. The molecule has 0 aliphatic carbocycles. The van der Waals surface area contributed by atoms with Crippen LogP contribution in [0.4, 0.5) is 10.5 Å². The number of nitrogens with zero attached hydrogens (tertiary/aromatic N) is 3. The zero-order chi connectivity index (χ0) is 21.5. The van der Waals surface area contributed by atoms with Gasteiger partial charge in [0, 0.05) is 22.7 Å². The predicted octanol–water partition coefficient (Wildman–Crippen LogP) is 3.87. The number of halogens is 1. The van der Waals surface area contributed by atoms with Crippen molar-refractivity contribution in [1.29, 1.82) is 0 Å². The number of hydrogen-bond acceptors (Lipinski definition) is 6. The molecule has 1 fully saturated rings. The molecule has 30 heavy (non-hydrogen) atoms. The fraction of sp³-hybridized carbons (Fsp3) is 0.150. The Labute approximate surface area is 175 Å². The molecule has 1 atom stereocenters. The quantitative estimate of drug-likeness (QED) is 0.376. The number of nitro groups is 1. The number of urea groups is 1. The number of imide groups is 1. The molecule has 0 spiro atoms. The van der Waals surface area contributed by atoms with Crippen molar-refractivity contribution in [3.8, 4) is 11.3 Å². The van der Waals surface area contributed by atoms with Crippen molar-refractivity contribution in [2.75, 3.05) is 0 Å². The molecule has 2 heterocycles. The summed E-state index contributed by atoms with van der Waals surface area (Å²) in [6.07, 6.45) is 1.50. The van der Waals surface area contributed by atoms with Crippen LogP contribution in [0.15, 0.2) is 59.1 Å². The van der Waals surface area contributed by atoms with Gasteiger partial charge in [-0.25, -0.2) is 9.78 Å². The number of amides is 3. The minimum absolute atomic E-state index is 0.107. The van der Waals surface area contributed by atoms with Crippen LogP contribution in [0.3, 0.4) is 0 Å². The normalized spacial score (nSPS) is 18.5. The molecule has 0 radical (unpaired) electrons. The van der Waals surface area contributed by atoms with Gasteiger partial charge in [0.05, 0.1) is 11.1 Å². The number of hydrogen-bond donors (Lipinski definition) is 1. The molecule has 2 aromatic carbocycles. The molecule has 152 valence electrons. The first kappa shape index (κ1) is 19.6. The van der Waals surface area contributed by atoms with E-state index in [0.717, 1.165) is 4.90 Å². The van der Waals surface area contributed by atoms with E-state index in [4.69, 9.17) is 16.0 Å². The molecule has 1 saturated heterocycles. The van der Waals surface area contributed by atoms with Crippen molar-refractivity contribution in [1.82, 2.24) is 15.2 Å². The molecule has 3 aromatic rings. The molecule has 0 bridgehead atoms. The molecular formula is C20H15ClN4O5. The number of carbonyl (C=O) groups excluding carboxylic acids is 2. The zero-order valence-electron chi connectivity index (χ0n) is 15.7. The van der Waals surface area contributed by atoms with Crippen LogP contribution in [0.1, 0.15) is 18.4 Å². The van der Waals surface area contributed by atoms with Crippen molar-refractivity contribution < 1.29 is 18.9 Å². The highest BCUT2D eigenvalue weighted by Gasteiger charge is 2.49. The summed E-state index contributed by atoms with van der Waals surface area (Å²) >= 11 is 5.99. The summed E-state index contributed by atoms with van der Waals surface area (Å²) in [7, 11) is 0. The number of carbonyl (C=O) groups is 2. The monoisotopic (exact) mass is 426 g/mol. The fourth-order valence-corrected chi connectivity index (χ4v) is 3.44. The zero-order valence-corrected chi connectivity index (χ0v) is 16.4. The topological polar surface area (TPSA) is 119 Å². The lowest BCUT2D eigenvalue weighted by molar-refractivity contribution is -0.384. The maximum absolute atomic E-state index is 13.0. The van der Waals surface area contributed by atoms with Crippen LogP contribution in [0.25, 0.3) is 11.3 Å². The summed E-state index contributed by atoms with van der Waals surface area (Å²) in [6, 6.07) is 11.9. The smallest absolute Gasteiger partial charge is 0.325 e. The lowest BCUT2D eigenvalue weighted by Gasteiger charge is -2.21. The Morgan fingerprint density at radius 3 is 2.63 bits per heavy atom. The van der Waals surface area contributed by atoms with Crippen LogP contribution >= 0.6 is 11.6 Å². The van der Waals surface area contributed by atoms with Crippen LogP contribution in [-0.4, -0.2) is 26.7 Å². The predicted molar refractivity (Wildman–Crippen MR) is 106 cm³/mol. The van der Waals surface area contributed by atoms with Crippen molar-refractivity contribution in [3.63, 3.8) is 0 Å². The highest BCUT2D eigenvalue weighted by Crippen LogP contribution is 2.31. The highest BCUT2D eigenvalue weighted by molar-refractivity contribution is 6.30. The third-order valence-electron chi connectivity index (χ3n) is 4.89. The van der Waals surface area contributed by atoms with Crippen molar-refractivity contribution in [2.24, 2.45) is 0 Å². The summed E-state index contributed by atoms with van der Waals surface area (Å²) in [5.41, 5.74) is -0.311. The Bertz CT molecular complexity index is 1160. The van der Waals surface area contributed by atoms with E-state index in [1.165, 1.54) is 30.5 Å². The summed E-state index contributed by atoms with van der Waals surface area (Å²) < 4.78 is 5.68. The van der Waals surface area contributed by atoms with Gasteiger partial charge < -0.3 is 9.73 Å². The Kier molecular flexibility index (Phi) is 4.75. The van der Waals surface area contributed by atoms with Gasteiger partial charge >= 0.3 is 6.03 Å². The average Bonchev–Trinajstić information content (AvgIpc) is 3.27. The van der Waals surface area contributed by atoms with Crippen LogP contribution in [-0.2, 0) is 16.9 Å². The van der Waals surface area contributed by atoms with Gasteiger partial charge in [0.15, 0.2) is 5.76 Å². The van der Waals surface area contributed by atoms with E-state index in [2.05, 4.69) is 10.3 Å². The van der Waals surface area contributed by atoms with E-state index in [-0.39, 0.29) is 18.1 Å². The fourth-order valence-electron chi connectivity index (χ4n) is 3.25. The Hall–Kier alpha value is -3.72. The van der Waals surface area contributed by atoms with Gasteiger partial charge in [0.1, 0.15) is 12.1 Å². The third-order valence-corrected chi connectivity index (χ3v) is 5.12. The Morgan fingerprint density at radius 2 is 1.97 bits per heavy atom.